The van der Waals surface area contributed by atoms with Gasteiger partial charge < -0.3 is 9.40 Å². The van der Waals surface area contributed by atoms with Crippen molar-refractivity contribution in [2.45, 2.75) is 31.0 Å². The number of hydrogen-bond donors (Lipinski definition) is 0. The summed E-state index contributed by atoms with van der Waals surface area (Å²) in [6.07, 6.45) is 3.08. The molecule has 0 fully saturated rings. The van der Waals surface area contributed by atoms with Gasteiger partial charge in [-0.3, -0.25) is 0 Å². The van der Waals surface area contributed by atoms with E-state index in [4.69, 9.17) is 19.5 Å². The molecule has 1 radical (unpaired) electrons. The molecule has 0 spiro atoms. The summed E-state index contributed by atoms with van der Waals surface area (Å²) < 4.78 is 94.4. The summed E-state index contributed by atoms with van der Waals surface area (Å²) in [5.74, 6) is 7.14. The van der Waals surface area contributed by atoms with Gasteiger partial charge in [-0.2, -0.15) is 0 Å². The quantitative estimate of drug-likeness (QED) is 0.131. The van der Waals surface area contributed by atoms with Gasteiger partial charge >= 0.3 is 99.8 Å². The van der Waals surface area contributed by atoms with Crippen LogP contribution in [0.1, 0.15) is 26.2 Å². The zero-order chi connectivity index (χ0) is 39.3. The first kappa shape index (κ1) is 20.3. The summed E-state index contributed by atoms with van der Waals surface area (Å²) in [5, 5.41) is 1.32. The summed E-state index contributed by atoms with van der Waals surface area (Å²) in [5.41, 5.74) is 2.95. The average molecular weight is 823 g/mol. The van der Waals surface area contributed by atoms with Crippen LogP contribution in [0.4, 0.5) is 0 Å². The Bertz CT molecular complexity index is 2480. The van der Waals surface area contributed by atoms with E-state index in [9.17, 15) is 0 Å². The van der Waals surface area contributed by atoms with E-state index >= 15 is 0 Å². The SMILES string of the molecule is [2H]c1c([2H])c([2H])c(-c2ccc3c(c2)oc2c(-c4cc(C([2H])([2H])[2H])c(C([2H])([2H])[2H])cn4)[c-]ccc23)c([2H])c1[2H].[CH3][Ge]([CH3])([CH3])[c]1ccc(-c2[c-]cccc2)nc1.[Ir]. The van der Waals surface area contributed by atoms with Crippen LogP contribution < -0.4 is 4.40 Å². The average Bonchev–Trinajstić information content (AvgIpc) is 3.51. The van der Waals surface area contributed by atoms with Gasteiger partial charge in [-0.05, 0) is 42.2 Å². The van der Waals surface area contributed by atoms with Crippen molar-refractivity contribution in [2.24, 2.45) is 0 Å². The molecule has 0 N–H and O–H groups in total. The van der Waals surface area contributed by atoms with E-state index in [1.165, 1.54) is 10.5 Å². The topological polar surface area (TPSA) is 38.9 Å². The van der Waals surface area contributed by atoms with Crippen LogP contribution in [0, 0.1) is 25.8 Å². The molecule has 44 heavy (non-hydrogen) atoms. The van der Waals surface area contributed by atoms with E-state index in [1.54, 1.807) is 30.3 Å². The Balaban J connectivity index is 0.000000286. The van der Waals surface area contributed by atoms with Crippen molar-refractivity contribution < 1.29 is 39.6 Å². The molecule has 0 unspecified atom stereocenters. The second kappa shape index (κ2) is 13.4. The molecule has 0 bridgehead atoms. The first-order chi connectivity index (χ1) is 25.3. The zero-order valence-corrected chi connectivity index (χ0v) is 28.7. The summed E-state index contributed by atoms with van der Waals surface area (Å²) in [4.78, 5) is 8.75. The molecule has 0 aliphatic rings. The smallest absolute Gasteiger partial charge is 0 e. The Morgan fingerprint density at radius 1 is 0.750 bits per heavy atom. The largest absolute Gasteiger partial charge is 0 e. The number of nitrogens with zero attached hydrogens (tertiary/aromatic N) is 2. The molecule has 0 atom stereocenters. The van der Waals surface area contributed by atoms with E-state index in [1.807, 2.05) is 30.5 Å². The molecule has 0 saturated carbocycles. The predicted octanol–water partition coefficient (Wildman–Crippen LogP) is 9.82. The first-order valence-corrected chi connectivity index (χ1v) is 21.0. The number of fused-ring (bicyclic) bond motifs is 3. The Hall–Kier alpha value is -3.83. The van der Waals surface area contributed by atoms with Gasteiger partial charge in [0.15, 0.2) is 0 Å². The number of furan rings is 1. The van der Waals surface area contributed by atoms with Gasteiger partial charge in [0.2, 0.25) is 0 Å². The second-order valence-electron chi connectivity index (χ2n) is 11.0. The van der Waals surface area contributed by atoms with Crippen LogP contribution in [0.2, 0.25) is 17.3 Å². The zero-order valence-electron chi connectivity index (χ0n) is 35.2. The molecule has 221 valence electrons. The molecule has 0 amide bonds. The van der Waals surface area contributed by atoms with Crippen LogP contribution in [-0.2, 0) is 20.1 Å². The van der Waals surface area contributed by atoms with E-state index in [-0.39, 0.29) is 54.6 Å². The molecule has 4 aromatic carbocycles. The third-order valence-electron chi connectivity index (χ3n) is 7.00. The summed E-state index contributed by atoms with van der Waals surface area (Å²) >= 11 is -1.72. The maximum atomic E-state index is 8.26. The van der Waals surface area contributed by atoms with Crippen LogP contribution in [0.25, 0.3) is 55.6 Å². The summed E-state index contributed by atoms with van der Waals surface area (Å²) in [6.45, 7) is -5.35. The van der Waals surface area contributed by atoms with Crippen LogP contribution >= 0.6 is 0 Å². The molecule has 7 aromatic rings. The van der Waals surface area contributed by atoms with Crippen LogP contribution in [-0.4, -0.2) is 23.2 Å². The summed E-state index contributed by atoms with van der Waals surface area (Å²) in [6, 6.07) is 25.9. The molecule has 5 heteroatoms. The fraction of sp³-hybridized carbons (Fsp3) is 0.128. The van der Waals surface area contributed by atoms with Gasteiger partial charge in [0.25, 0.3) is 0 Å². The third-order valence-corrected chi connectivity index (χ3v) is 11.3. The fourth-order valence-corrected chi connectivity index (χ4v) is 6.80. The molecular formula is C39H34GeIrN2O-2. The monoisotopic (exact) mass is 824 g/mol. The van der Waals surface area contributed by atoms with Crippen LogP contribution in [0.3, 0.4) is 0 Å². The molecule has 3 aromatic heterocycles. The summed E-state index contributed by atoms with van der Waals surface area (Å²) in [7, 11) is 0. The van der Waals surface area contributed by atoms with Gasteiger partial charge in [-0.25, -0.2) is 0 Å². The minimum absolute atomic E-state index is 0. The number of aromatic nitrogens is 2. The normalized spacial score (nSPS) is 15.3. The minimum atomic E-state index is -2.69. The van der Waals surface area contributed by atoms with Crippen molar-refractivity contribution >= 4 is 39.6 Å². The van der Waals surface area contributed by atoms with Crippen LogP contribution in [0.5, 0.6) is 0 Å². The first-order valence-electron chi connectivity index (χ1n) is 19.2. The van der Waals surface area contributed by atoms with Gasteiger partial charge in [-0.15, -0.1) is 18.2 Å². The maximum Gasteiger partial charge on any atom is 0 e. The van der Waals surface area contributed by atoms with Crippen molar-refractivity contribution in [1.82, 2.24) is 9.97 Å². The Kier molecular flexibility index (Phi) is 6.18. The maximum absolute atomic E-state index is 8.26. The second-order valence-corrected chi connectivity index (χ2v) is 21.6. The van der Waals surface area contributed by atoms with Crippen molar-refractivity contribution in [3.05, 3.63) is 139 Å². The van der Waals surface area contributed by atoms with E-state index in [0.29, 0.717) is 33.1 Å². The molecule has 0 saturated heterocycles. The van der Waals surface area contributed by atoms with Crippen LogP contribution in [0.15, 0.2) is 120 Å². The predicted molar refractivity (Wildman–Crippen MR) is 182 cm³/mol. The van der Waals surface area contributed by atoms with Gasteiger partial charge in [0.1, 0.15) is 5.58 Å². The Morgan fingerprint density at radius 3 is 2.27 bits per heavy atom. The Morgan fingerprint density at radius 2 is 1.57 bits per heavy atom. The Labute approximate surface area is 291 Å². The standard InChI is InChI=1S/C25H18NO.C14H16GeN.Ir/c1-16-13-23(26-15-17(16)2)22-10-6-9-21-20-12-11-19(14-24(20)27-25(21)22)18-7-4-3-5-8-18;1-15(2,3)13-9-10-14(16-11-13)12-7-5-4-6-8-12;/h3-9,11-15H,1-2H3;4-7,9-11H,1-3H3;/q2*-1;/i1D3,2D3,3D,4D,5D,7D,8D;;. The fourth-order valence-electron chi connectivity index (χ4n) is 4.62. The minimum Gasteiger partial charge on any atom is 0 e. The molecule has 0 aliphatic heterocycles. The number of pyridine rings is 2. The van der Waals surface area contributed by atoms with E-state index in [2.05, 4.69) is 51.5 Å². The number of hydrogen-bond acceptors (Lipinski definition) is 3. The van der Waals surface area contributed by atoms with E-state index < -0.39 is 45.1 Å². The molecule has 3 heterocycles. The molecular weight excluding hydrogens is 777 g/mol. The third kappa shape index (κ3) is 6.78. The van der Waals surface area contributed by atoms with Crippen molar-refractivity contribution in [3.8, 4) is 33.6 Å². The van der Waals surface area contributed by atoms with Crippen molar-refractivity contribution in [3.63, 3.8) is 0 Å². The van der Waals surface area contributed by atoms with Gasteiger partial charge in [0, 0.05) is 39.9 Å². The molecule has 7 rings (SSSR count). The molecule has 0 aliphatic carbocycles. The van der Waals surface area contributed by atoms with E-state index in [0.717, 1.165) is 17.5 Å². The van der Waals surface area contributed by atoms with Gasteiger partial charge in [-0.1, -0.05) is 64.9 Å². The van der Waals surface area contributed by atoms with Crippen molar-refractivity contribution in [2.75, 3.05) is 0 Å². The van der Waals surface area contributed by atoms with Crippen molar-refractivity contribution in [1.29, 1.82) is 0 Å². The number of benzene rings is 4. The van der Waals surface area contributed by atoms with Gasteiger partial charge in [0.05, 0.1) is 12.4 Å². The number of aryl methyl sites for hydroxylation is 2. The molecule has 3 nitrogen and oxygen atoms in total. The number of rotatable bonds is 4.